The number of rotatable bonds is 26. The molecule has 2 rings (SSSR count). The van der Waals surface area contributed by atoms with E-state index in [-0.39, 0.29) is 0 Å². The number of aryl methyl sites for hydroxylation is 2. The Hall–Kier alpha value is -1.57. The normalized spacial score (nSPS) is 11.3. The van der Waals surface area contributed by atoms with E-state index in [0.29, 0.717) is 6.61 Å². The second-order valence-electron chi connectivity index (χ2n) is 11.3. The monoisotopic (exact) mass is 570 g/mol. The highest BCUT2D eigenvalue weighted by atomic mass is 31.2. The Balaban J connectivity index is 2.00. The van der Waals surface area contributed by atoms with Crippen molar-refractivity contribution in [2.45, 2.75) is 149 Å². The molecule has 0 radical (unpaired) electrons. The van der Waals surface area contributed by atoms with Gasteiger partial charge in [-0.1, -0.05) is 153 Å². The Morgan fingerprint density at radius 1 is 0.450 bits per heavy atom. The molecular formula is C36H59O3P. The summed E-state index contributed by atoms with van der Waals surface area (Å²) in [4.78, 5) is 0. The lowest BCUT2D eigenvalue weighted by Crippen LogP contribution is -2.04. The first kappa shape index (κ1) is 34.6. The number of hydrogen-bond donors (Lipinski definition) is 0. The van der Waals surface area contributed by atoms with Gasteiger partial charge in [-0.25, -0.2) is 0 Å². The van der Waals surface area contributed by atoms with Gasteiger partial charge >= 0.3 is 8.60 Å². The smallest absolute Gasteiger partial charge is 0.417 e. The third kappa shape index (κ3) is 16.0. The van der Waals surface area contributed by atoms with Gasteiger partial charge in [0.05, 0.1) is 6.61 Å². The van der Waals surface area contributed by atoms with Crippen molar-refractivity contribution in [3.05, 3.63) is 59.7 Å². The third-order valence-electron chi connectivity index (χ3n) is 7.58. The molecule has 0 saturated carbocycles. The standard InChI is InChI=1S/C36H59O3P/c1-4-7-10-13-16-19-26-33-28-21-23-30-35(33)38-40(37-32-25-18-15-12-9-6-3)39-36-31-24-22-29-34(36)27-20-17-14-11-8-5-2/h21-24,28-31H,4-20,25-27,32H2,1-3H3. The second kappa shape index (κ2) is 24.1. The molecule has 0 heterocycles. The molecule has 0 saturated heterocycles. The van der Waals surface area contributed by atoms with Crippen LogP contribution in [0.2, 0.25) is 0 Å². The molecule has 4 heteroatoms. The van der Waals surface area contributed by atoms with Crippen LogP contribution < -0.4 is 9.05 Å². The molecule has 0 fully saturated rings. The minimum absolute atomic E-state index is 0.678. The molecule has 0 unspecified atom stereocenters. The van der Waals surface area contributed by atoms with E-state index in [1.807, 2.05) is 0 Å². The van der Waals surface area contributed by atoms with Crippen molar-refractivity contribution in [2.24, 2.45) is 0 Å². The van der Waals surface area contributed by atoms with Crippen molar-refractivity contribution >= 4 is 8.60 Å². The molecule has 3 nitrogen and oxygen atoms in total. The lowest BCUT2D eigenvalue weighted by molar-refractivity contribution is 0.257. The summed E-state index contributed by atoms with van der Waals surface area (Å²) in [5, 5.41) is 0. The highest BCUT2D eigenvalue weighted by molar-refractivity contribution is 7.42. The Morgan fingerprint density at radius 3 is 1.27 bits per heavy atom. The minimum Gasteiger partial charge on any atom is -0.417 e. The van der Waals surface area contributed by atoms with E-state index in [4.69, 9.17) is 13.6 Å². The fourth-order valence-electron chi connectivity index (χ4n) is 5.04. The van der Waals surface area contributed by atoms with Gasteiger partial charge in [0, 0.05) is 0 Å². The molecule has 0 aliphatic heterocycles. The Morgan fingerprint density at radius 2 is 0.825 bits per heavy atom. The summed E-state index contributed by atoms with van der Waals surface area (Å²) in [6, 6.07) is 16.9. The number of benzene rings is 2. The van der Waals surface area contributed by atoms with Gasteiger partial charge in [-0.05, 0) is 55.4 Å². The zero-order valence-electron chi connectivity index (χ0n) is 26.1. The molecule has 0 aromatic heterocycles. The van der Waals surface area contributed by atoms with Crippen molar-refractivity contribution in [2.75, 3.05) is 6.61 Å². The Labute approximate surface area is 248 Å². The summed E-state index contributed by atoms with van der Waals surface area (Å²) in [6.45, 7) is 7.49. The van der Waals surface area contributed by atoms with Gasteiger partial charge < -0.3 is 9.05 Å². The van der Waals surface area contributed by atoms with E-state index < -0.39 is 8.60 Å². The fourth-order valence-corrected chi connectivity index (χ4v) is 6.14. The largest absolute Gasteiger partial charge is 0.463 e. The highest BCUT2D eigenvalue weighted by Gasteiger charge is 2.20. The number of unbranched alkanes of at least 4 members (excludes halogenated alkanes) is 15. The van der Waals surface area contributed by atoms with Crippen LogP contribution in [0.4, 0.5) is 0 Å². The maximum absolute atomic E-state index is 6.54. The first-order chi connectivity index (χ1) is 19.8. The molecule has 0 spiro atoms. The van der Waals surface area contributed by atoms with Gasteiger partial charge in [-0.2, -0.15) is 0 Å². The van der Waals surface area contributed by atoms with Crippen molar-refractivity contribution in [1.29, 1.82) is 0 Å². The fraction of sp³-hybridized carbons (Fsp3) is 0.667. The first-order valence-corrected chi connectivity index (χ1v) is 17.8. The molecule has 226 valence electrons. The van der Waals surface area contributed by atoms with Crippen LogP contribution in [0.5, 0.6) is 11.5 Å². The lowest BCUT2D eigenvalue weighted by atomic mass is 10.0. The van der Waals surface area contributed by atoms with Gasteiger partial charge in [0.2, 0.25) is 0 Å². The van der Waals surface area contributed by atoms with E-state index in [1.54, 1.807) is 0 Å². The van der Waals surface area contributed by atoms with Gasteiger partial charge in [0.1, 0.15) is 11.5 Å². The average Bonchev–Trinajstić information content (AvgIpc) is 2.97. The highest BCUT2D eigenvalue weighted by Crippen LogP contribution is 2.44. The number of hydrogen-bond acceptors (Lipinski definition) is 3. The second-order valence-corrected chi connectivity index (χ2v) is 12.3. The van der Waals surface area contributed by atoms with E-state index in [0.717, 1.165) is 30.8 Å². The summed E-state index contributed by atoms with van der Waals surface area (Å²) < 4.78 is 19.4. The zero-order valence-corrected chi connectivity index (χ0v) is 27.0. The van der Waals surface area contributed by atoms with Gasteiger partial charge in [0.25, 0.3) is 0 Å². The summed E-state index contributed by atoms with van der Waals surface area (Å²) in [5.41, 5.74) is 2.52. The maximum Gasteiger partial charge on any atom is 0.463 e. The maximum atomic E-state index is 6.54. The van der Waals surface area contributed by atoms with E-state index in [2.05, 4.69) is 69.3 Å². The molecule has 2 aromatic rings. The van der Waals surface area contributed by atoms with Crippen LogP contribution in [-0.2, 0) is 17.4 Å². The topological polar surface area (TPSA) is 27.7 Å². The SMILES string of the molecule is CCCCCCCCOP(Oc1ccccc1CCCCCCCC)Oc1ccccc1CCCCCCCC. The first-order valence-electron chi connectivity index (χ1n) is 16.7. The van der Waals surface area contributed by atoms with Crippen LogP contribution in [0.1, 0.15) is 147 Å². The van der Waals surface area contributed by atoms with Gasteiger partial charge in [0.15, 0.2) is 0 Å². The Kier molecular flexibility index (Phi) is 20.8. The van der Waals surface area contributed by atoms with Crippen LogP contribution in [0.25, 0.3) is 0 Å². The van der Waals surface area contributed by atoms with Crippen molar-refractivity contribution in [3.63, 3.8) is 0 Å². The Bertz CT molecular complexity index is 794. The summed E-state index contributed by atoms with van der Waals surface area (Å²) >= 11 is 0. The molecule has 40 heavy (non-hydrogen) atoms. The molecule has 2 aromatic carbocycles. The molecule has 0 aliphatic carbocycles. The molecular weight excluding hydrogens is 511 g/mol. The van der Waals surface area contributed by atoms with Crippen molar-refractivity contribution < 1.29 is 13.6 Å². The molecule has 0 bridgehead atoms. The van der Waals surface area contributed by atoms with E-state index in [9.17, 15) is 0 Å². The van der Waals surface area contributed by atoms with Crippen LogP contribution in [0, 0.1) is 0 Å². The molecule has 0 amide bonds. The quantitative estimate of drug-likeness (QED) is 0.0831. The zero-order chi connectivity index (χ0) is 28.5. The average molecular weight is 571 g/mol. The predicted molar refractivity (Wildman–Crippen MR) is 175 cm³/mol. The van der Waals surface area contributed by atoms with Crippen LogP contribution in [-0.4, -0.2) is 6.61 Å². The summed E-state index contributed by atoms with van der Waals surface area (Å²) in [7, 11) is -1.53. The summed E-state index contributed by atoms with van der Waals surface area (Å²) in [6.07, 6.45) is 25.1. The van der Waals surface area contributed by atoms with Crippen molar-refractivity contribution in [3.8, 4) is 11.5 Å². The van der Waals surface area contributed by atoms with E-state index >= 15 is 0 Å². The molecule has 0 atom stereocenters. The molecule has 0 aliphatic rings. The third-order valence-corrected chi connectivity index (χ3v) is 8.67. The number of para-hydroxylation sites is 2. The van der Waals surface area contributed by atoms with Crippen LogP contribution >= 0.6 is 8.60 Å². The van der Waals surface area contributed by atoms with Gasteiger partial charge in [-0.3, -0.25) is 4.52 Å². The van der Waals surface area contributed by atoms with Gasteiger partial charge in [-0.15, -0.1) is 0 Å². The molecule has 0 N–H and O–H groups in total. The summed E-state index contributed by atoms with van der Waals surface area (Å²) in [5.74, 6) is 1.83. The van der Waals surface area contributed by atoms with Crippen LogP contribution in [0.15, 0.2) is 48.5 Å². The van der Waals surface area contributed by atoms with Crippen LogP contribution in [0.3, 0.4) is 0 Å². The lowest BCUT2D eigenvalue weighted by Gasteiger charge is -2.21. The minimum atomic E-state index is -1.53. The van der Waals surface area contributed by atoms with E-state index in [1.165, 1.54) is 120 Å². The predicted octanol–water partition coefficient (Wildman–Crippen LogP) is 12.6. The van der Waals surface area contributed by atoms with Crippen molar-refractivity contribution in [1.82, 2.24) is 0 Å².